The first-order valence-electron chi connectivity index (χ1n) is 9.07. The van der Waals surface area contributed by atoms with Crippen LogP contribution in [-0.2, 0) is 16.2 Å². The molecule has 2 aliphatic rings. The highest BCUT2D eigenvalue weighted by atomic mass is 32.2. The maximum absolute atomic E-state index is 13.2. The summed E-state index contributed by atoms with van der Waals surface area (Å²) in [6, 6.07) is 8.91. The van der Waals surface area contributed by atoms with Gasteiger partial charge in [-0.25, -0.2) is 8.42 Å². The topological polar surface area (TPSA) is 83.6 Å². The van der Waals surface area contributed by atoms with E-state index >= 15 is 0 Å². The summed E-state index contributed by atoms with van der Waals surface area (Å²) in [6.45, 7) is 1.08. The predicted molar refractivity (Wildman–Crippen MR) is 100 cm³/mol. The molecule has 1 N–H and O–H groups in total. The van der Waals surface area contributed by atoms with Crippen LogP contribution in [-0.4, -0.2) is 43.5 Å². The maximum Gasteiger partial charge on any atom is 0.416 e. The summed E-state index contributed by atoms with van der Waals surface area (Å²) in [5, 5.41) is 2.71. The number of Topliss-reactive ketones (excluding diaryl/α,β-unsaturated/α-hetero) is 1. The zero-order valence-corrected chi connectivity index (χ0v) is 16.5. The Balaban J connectivity index is 1.72. The minimum absolute atomic E-state index is 0.193. The number of ketones is 1. The molecule has 0 aromatic heterocycles. The summed E-state index contributed by atoms with van der Waals surface area (Å²) < 4.78 is 66.1. The number of alkyl halides is 3. The average Bonchev–Trinajstić information content (AvgIpc) is 3.02. The van der Waals surface area contributed by atoms with E-state index in [0.717, 1.165) is 22.5 Å². The highest BCUT2D eigenvalue weighted by Crippen LogP contribution is 2.40. The van der Waals surface area contributed by atoms with Gasteiger partial charge in [-0.3, -0.25) is 9.59 Å². The first-order valence-corrected chi connectivity index (χ1v) is 10.5. The average molecular weight is 438 g/mol. The van der Waals surface area contributed by atoms with Gasteiger partial charge in [-0.2, -0.15) is 17.5 Å². The van der Waals surface area contributed by atoms with E-state index in [1.807, 2.05) is 0 Å². The summed E-state index contributed by atoms with van der Waals surface area (Å²) in [4.78, 5) is 25.3. The van der Waals surface area contributed by atoms with E-state index in [1.165, 1.54) is 12.1 Å². The quantitative estimate of drug-likeness (QED) is 0.782. The number of hydrogen-bond donors (Lipinski definition) is 1. The number of benzene rings is 2. The molecule has 2 aromatic rings. The van der Waals surface area contributed by atoms with Gasteiger partial charge in [0.15, 0.2) is 5.78 Å². The Labute approximate surface area is 170 Å². The molecule has 0 spiro atoms. The molecule has 1 amide bonds. The van der Waals surface area contributed by atoms with Gasteiger partial charge in [-0.1, -0.05) is 24.3 Å². The van der Waals surface area contributed by atoms with E-state index in [0.29, 0.717) is 6.07 Å². The zero-order chi connectivity index (χ0) is 21.9. The molecule has 4 rings (SSSR count). The Bertz CT molecular complexity index is 1160. The van der Waals surface area contributed by atoms with Crippen molar-refractivity contribution in [1.82, 2.24) is 9.62 Å². The summed E-state index contributed by atoms with van der Waals surface area (Å²) in [5.74, 6) is -0.880. The molecule has 158 valence electrons. The Morgan fingerprint density at radius 2 is 1.73 bits per heavy atom. The van der Waals surface area contributed by atoms with Gasteiger partial charge in [0.2, 0.25) is 10.0 Å². The number of carbonyl (C=O) groups is 2. The lowest BCUT2D eigenvalue weighted by atomic mass is 9.78. The first kappa shape index (κ1) is 20.5. The number of rotatable bonds is 2. The molecule has 2 heterocycles. The molecule has 0 bridgehead atoms. The Hall–Kier alpha value is -2.72. The van der Waals surface area contributed by atoms with Gasteiger partial charge in [-0.05, 0) is 31.2 Å². The highest BCUT2D eigenvalue weighted by Gasteiger charge is 2.54. The van der Waals surface area contributed by atoms with Crippen molar-refractivity contribution in [1.29, 1.82) is 0 Å². The van der Waals surface area contributed by atoms with Gasteiger partial charge in [0.25, 0.3) is 5.91 Å². The number of carbonyl (C=O) groups excluding carboxylic acids is 2. The normalized spacial score (nSPS) is 24.7. The van der Waals surface area contributed by atoms with Gasteiger partial charge < -0.3 is 5.32 Å². The predicted octanol–water partition coefficient (Wildman–Crippen LogP) is 2.71. The molecule has 1 saturated heterocycles. The van der Waals surface area contributed by atoms with Gasteiger partial charge in [-0.15, -0.1) is 0 Å². The number of nitrogens with zero attached hydrogens (tertiary/aromatic N) is 1. The molecular formula is C20H17F3N2O4S. The second-order valence-electron chi connectivity index (χ2n) is 7.64. The lowest BCUT2D eigenvalue weighted by Gasteiger charge is -2.26. The molecule has 0 unspecified atom stereocenters. The fraction of sp³-hybridized carbons (Fsp3) is 0.300. The molecule has 10 heteroatoms. The van der Waals surface area contributed by atoms with Crippen LogP contribution < -0.4 is 5.32 Å². The fourth-order valence-electron chi connectivity index (χ4n) is 3.97. The van der Waals surface area contributed by atoms with E-state index in [1.54, 1.807) is 19.1 Å². The molecule has 0 saturated carbocycles. The lowest BCUT2D eigenvalue weighted by Crippen LogP contribution is -2.47. The van der Waals surface area contributed by atoms with Gasteiger partial charge in [0, 0.05) is 18.7 Å². The summed E-state index contributed by atoms with van der Waals surface area (Å²) >= 11 is 0. The third-order valence-electron chi connectivity index (χ3n) is 5.70. The van der Waals surface area contributed by atoms with Crippen molar-refractivity contribution in [2.24, 2.45) is 5.41 Å². The van der Waals surface area contributed by atoms with E-state index in [2.05, 4.69) is 5.32 Å². The monoisotopic (exact) mass is 438 g/mol. The zero-order valence-electron chi connectivity index (χ0n) is 15.7. The molecule has 0 radical (unpaired) electrons. The summed E-state index contributed by atoms with van der Waals surface area (Å²) in [5.41, 5.74) is -1.93. The Morgan fingerprint density at radius 1 is 1.07 bits per heavy atom. The first-order chi connectivity index (χ1) is 13.9. The van der Waals surface area contributed by atoms with Crippen molar-refractivity contribution in [2.75, 3.05) is 13.1 Å². The number of halogens is 3. The van der Waals surface area contributed by atoms with Crippen molar-refractivity contribution in [3.05, 3.63) is 65.2 Å². The number of hydrogen-bond acceptors (Lipinski definition) is 4. The maximum atomic E-state index is 13.2. The lowest BCUT2D eigenvalue weighted by molar-refractivity contribution is -0.137. The van der Waals surface area contributed by atoms with Crippen molar-refractivity contribution >= 4 is 21.7 Å². The minimum atomic E-state index is -4.69. The largest absolute Gasteiger partial charge is 0.416 e. The number of sulfonamides is 1. The molecule has 30 heavy (non-hydrogen) atoms. The van der Waals surface area contributed by atoms with Crippen molar-refractivity contribution < 1.29 is 31.2 Å². The number of fused-ring (bicyclic) bond motifs is 2. The standard InChI is InChI=1S/C20H17F3N2O4S/c1-19-11-25(30(28,29)13-6-4-5-12(9-13)20(21,22)23)10-16(19)24-18(27)15-8-3-2-7-14(15)17(19)26/h2-9,16H,10-11H2,1H3,(H,24,27)/t16-,19+/m1/s1. The van der Waals surface area contributed by atoms with Crippen LogP contribution in [0.15, 0.2) is 53.4 Å². The van der Waals surface area contributed by atoms with Crippen LogP contribution in [0.5, 0.6) is 0 Å². The molecule has 0 aliphatic carbocycles. The van der Waals surface area contributed by atoms with Gasteiger partial charge >= 0.3 is 6.18 Å². The Morgan fingerprint density at radius 3 is 2.40 bits per heavy atom. The van der Waals surface area contributed by atoms with Crippen molar-refractivity contribution in [3.63, 3.8) is 0 Å². The molecule has 6 nitrogen and oxygen atoms in total. The third-order valence-corrected chi connectivity index (χ3v) is 7.51. The van der Waals surface area contributed by atoms with Crippen LogP contribution >= 0.6 is 0 Å². The van der Waals surface area contributed by atoms with E-state index in [4.69, 9.17) is 0 Å². The Kier molecular flexibility index (Phi) is 4.55. The molecule has 2 aromatic carbocycles. The smallest absolute Gasteiger partial charge is 0.347 e. The van der Waals surface area contributed by atoms with Gasteiger partial charge in [0.05, 0.1) is 27.5 Å². The van der Waals surface area contributed by atoms with Crippen LogP contribution in [0.3, 0.4) is 0 Å². The minimum Gasteiger partial charge on any atom is -0.347 e. The highest BCUT2D eigenvalue weighted by molar-refractivity contribution is 7.89. The molecule has 2 atom stereocenters. The summed E-state index contributed by atoms with van der Waals surface area (Å²) in [7, 11) is -4.32. The second-order valence-corrected chi connectivity index (χ2v) is 9.58. The van der Waals surface area contributed by atoms with E-state index < -0.39 is 44.0 Å². The SMILES string of the molecule is C[C@]12CN(S(=O)(=O)c3cccc(C(F)(F)F)c3)C[C@H]1NC(=O)c1ccccc1C2=O. The van der Waals surface area contributed by atoms with Gasteiger partial charge in [0.1, 0.15) is 0 Å². The van der Waals surface area contributed by atoms with E-state index in [9.17, 15) is 31.2 Å². The van der Waals surface area contributed by atoms with E-state index in [-0.39, 0.29) is 30.0 Å². The molecular weight excluding hydrogens is 421 g/mol. The van der Waals surface area contributed by atoms with Crippen LogP contribution in [0.25, 0.3) is 0 Å². The fourth-order valence-corrected chi connectivity index (χ4v) is 5.58. The second kappa shape index (κ2) is 6.64. The molecule has 1 fully saturated rings. The van der Waals surface area contributed by atoms with Crippen molar-refractivity contribution in [3.8, 4) is 0 Å². The van der Waals surface area contributed by atoms with Crippen LogP contribution in [0.2, 0.25) is 0 Å². The summed E-state index contributed by atoms with van der Waals surface area (Å²) in [6.07, 6.45) is -4.69. The molecule has 2 aliphatic heterocycles. The van der Waals surface area contributed by atoms with Crippen LogP contribution in [0, 0.1) is 5.41 Å². The third kappa shape index (κ3) is 3.10. The van der Waals surface area contributed by atoms with Crippen molar-refractivity contribution in [2.45, 2.75) is 24.0 Å². The number of amides is 1. The number of nitrogens with one attached hydrogen (secondary N) is 1. The van der Waals surface area contributed by atoms with Crippen LogP contribution in [0.4, 0.5) is 13.2 Å². The van der Waals surface area contributed by atoms with Crippen LogP contribution in [0.1, 0.15) is 33.2 Å².